The number of morpholine rings is 1. The summed E-state index contributed by atoms with van der Waals surface area (Å²) >= 11 is 0. The van der Waals surface area contributed by atoms with Gasteiger partial charge in [0.15, 0.2) is 0 Å². The van der Waals surface area contributed by atoms with Crippen LogP contribution in [0.3, 0.4) is 0 Å². The molecule has 180 valence electrons. The molecular weight excluding hydrogens is 452 g/mol. The van der Waals surface area contributed by atoms with E-state index in [-0.39, 0.29) is 17.2 Å². The predicted molar refractivity (Wildman–Crippen MR) is 133 cm³/mol. The number of fused-ring (bicyclic) bond motifs is 1. The highest BCUT2D eigenvalue weighted by Crippen LogP contribution is 2.33. The van der Waals surface area contributed by atoms with Crippen LogP contribution in [0.1, 0.15) is 18.4 Å². The molecule has 5 rings (SSSR count). The lowest BCUT2D eigenvalue weighted by Gasteiger charge is -2.27. The lowest BCUT2D eigenvalue weighted by atomic mass is 10.1. The number of hydrogen-bond donors (Lipinski definition) is 1. The fourth-order valence-electron chi connectivity index (χ4n) is 4.88. The number of aryl methyl sites for hydroxylation is 1. The van der Waals surface area contributed by atoms with E-state index in [9.17, 15) is 13.2 Å². The molecule has 2 aliphatic heterocycles. The average molecular weight is 483 g/mol. The molecule has 9 heteroatoms. The molecule has 0 atom stereocenters. The number of ether oxygens (including phenoxy) is 1. The molecule has 3 aromatic rings. The van der Waals surface area contributed by atoms with E-state index in [1.54, 1.807) is 12.1 Å². The Kier molecular flexibility index (Phi) is 6.33. The lowest BCUT2D eigenvalue weighted by Crippen LogP contribution is -2.40. The van der Waals surface area contributed by atoms with Crippen molar-refractivity contribution in [3.8, 4) is 0 Å². The summed E-state index contributed by atoms with van der Waals surface area (Å²) in [6.45, 7) is 3.22. The van der Waals surface area contributed by atoms with Crippen LogP contribution in [0.2, 0.25) is 0 Å². The lowest BCUT2D eigenvalue weighted by molar-refractivity contribution is -0.115. The third-order valence-electron chi connectivity index (χ3n) is 6.63. The SMILES string of the molecule is Cn1cc(CC(=O)Nc2cc(S(=O)(=O)N3CCOCC3)ccc2N2CCCC2)c2ccccc21. The first-order valence-electron chi connectivity index (χ1n) is 11.7. The number of benzene rings is 2. The first-order valence-corrected chi connectivity index (χ1v) is 13.2. The van der Waals surface area contributed by atoms with Gasteiger partial charge in [-0.2, -0.15) is 4.31 Å². The van der Waals surface area contributed by atoms with Crippen molar-refractivity contribution < 1.29 is 17.9 Å². The molecule has 0 aliphatic carbocycles. The normalized spacial score (nSPS) is 17.4. The van der Waals surface area contributed by atoms with Crippen molar-refractivity contribution in [2.24, 2.45) is 7.05 Å². The maximum absolute atomic E-state index is 13.2. The Balaban J connectivity index is 1.44. The van der Waals surface area contributed by atoms with E-state index >= 15 is 0 Å². The van der Waals surface area contributed by atoms with Crippen LogP contribution in [0.25, 0.3) is 10.9 Å². The second-order valence-electron chi connectivity index (χ2n) is 8.90. The second kappa shape index (κ2) is 9.40. The average Bonchev–Trinajstić information content (AvgIpc) is 3.48. The van der Waals surface area contributed by atoms with Gasteiger partial charge in [-0.3, -0.25) is 4.79 Å². The van der Waals surface area contributed by atoms with E-state index in [4.69, 9.17) is 4.74 Å². The molecule has 1 amide bonds. The smallest absolute Gasteiger partial charge is 0.243 e. The van der Waals surface area contributed by atoms with Gasteiger partial charge in [0, 0.05) is 50.3 Å². The van der Waals surface area contributed by atoms with E-state index in [1.807, 2.05) is 48.1 Å². The number of carbonyl (C=O) groups is 1. The first kappa shape index (κ1) is 22.9. The summed E-state index contributed by atoms with van der Waals surface area (Å²) in [7, 11) is -1.70. The molecule has 2 saturated heterocycles. The van der Waals surface area contributed by atoms with Gasteiger partial charge >= 0.3 is 0 Å². The zero-order valence-electron chi connectivity index (χ0n) is 19.4. The van der Waals surface area contributed by atoms with Crippen molar-refractivity contribution >= 4 is 38.2 Å². The third-order valence-corrected chi connectivity index (χ3v) is 8.52. The van der Waals surface area contributed by atoms with Gasteiger partial charge in [0.2, 0.25) is 15.9 Å². The minimum absolute atomic E-state index is 0.169. The number of rotatable bonds is 6. The molecule has 0 spiro atoms. The van der Waals surface area contributed by atoms with E-state index in [0.29, 0.717) is 32.0 Å². The largest absolute Gasteiger partial charge is 0.379 e. The van der Waals surface area contributed by atoms with Crippen LogP contribution in [0.15, 0.2) is 53.6 Å². The molecule has 0 unspecified atom stereocenters. The summed E-state index contributed by atoms with van der Waals surface area (Å²) in [5.41, 5.74) is 3.42. The number of aromatic nitrogens is 1. The van der Waals surface area contributed by atoms with Gasteiger partial charge in [-0.15, -0.1) is 0 Å². The van der Waals surface area contributed by atoms with E-state index in [0.717, 1.165) is 48.1 Å². The molecule has 1 N–H and O–H groups in total. The topological polar surface area (TPSA) is 83.9 Å². The van der Waals surface area contributed by atoms with E-state index < -0.39 is 10.0 Å². The number of anilines is 2. The number of nitrogens with one attached hydrogen (secondary N) is 1. The summed E-state index contributed by atoms with van der Waals surface area (Å²) in [4.78, 5) is 15.5. The summed E-state index contributed by atoms with van der Waals surface area (Å²) in [6, 6.07) is 13.1. The third kappa shape index (κ3) is 4.43. The molecule has 3 heterocycles. The summed E-state index contributed by atoms with van der Waals surface area (Å²) in [6.07, 6.45) is 4.35. The minimum atomic E-state index is -3.66. The molecule has 0 saturated carbocycles. The molecule has 2 aliphatic rings. The molecule has 34 heavy (non-hydrogen) atoms. The van der Waals surface area contributed by atoms with Gasteiger partial charge in [0.05, 0.1) is 35.9 Å². The zero-order chi connectivity index (χ0) is 23.7. The predicted octanol–water partition coefficient (Wildman–Crippen LogP) is 2.98. The van der Waals surface area contributed by atoms with Crippen LogP contribution >= 0.6 is 0 Å². The zero-order valence-corrected chi connectivity index (χ0v) is 20.2. The van der Waals surface area contributed by atoms with Crippen molar-refractivity contribution in [3.05, 3.63) is 54.2 Å². The van der Waals surface area contributed by atoms with Crippen molar-refractivity contribution in [1.29, 1.82) is 0 Å². The van der Waals surface area contributed by atoms with Crippen molar-refractivity contribution in [2.45, 2.75) is 24.2 Å². The van der Waals surface area contributed by atoms with Crippen LogP contribution in [0, 0.1) is 0 Å². The number of nitrogens with zero attached hydrogens (tertiary/aromatic N) is 3. The monoisotopic (exact) mass is 482 g/mol. The highest BCUT2D eigenvalue weighted by Gasteiger charge is 2.28. The van der Waals surface area contributed by atoms with Gasteiger partial charge in [0.25, 0.3) is 0 Å². The quantitative estimate of drug-likeness (QED) is 0.584. The summed E-state index contributed by atoms with van der Waals surface area (Å²) in [5.74, 6) is -0.169. The number of hydrogen-bond acceptors (Lipinski definition) is 5. The van der Waals surface area contributed by atoms with Crippen LogP contribution in [-0.2, 0) is 33.0 Å². The van der Waals surface area contributed by atoms with Crippen molar-refractivity contribution in [3.63, 3.8) is 0 Å². The highest BCUT2D eigenvalue weighted by molar-refractivity contribution is 7.89. The minimum Gasteiger partial charge on any atom is -0.379 e. The highest BCUT2D eigenvalue weighted by atomic mass is 32.2. The molecule has 8 nitrogen and oxygen atoms in total. The fraction of sp³-hybridized carbons (Fsp3) is 0.400. The Morgan fingerprint density at radius 3 is 2.53 bits per heavy atom. The number of sulfonamides is 1. The Bertz CT molecular complexity index is 1310. The fourth-order valence-corrected chi connectivity index (χ4v) is 6.31. The second-order valence-corrected chi connectivity index (χ2v) is 10.8. The number of carbonyl (C=O) groups excluding carboxylic acids is 1. The van der Waals surface area contributed by atoms with Crippen molar-refractivity contribution in [2.75, 3.05) is 49.6 Å². The van der Waals surface area contributed by atoms with Crippen LogP contribution < -0.4 is 10.2 Å². The van der Waals surface area contributed by atoms with Crippen LogP contribution in [0.4, 0.5) is 11.4 Å². The maximum Gasteiger partial charge on any atom is 0.243 e. The Morgan fingerprint density at radius 2 is 1.76 bits per heavy atom. The number of para-hydroxylation sites is 1. The van der Waals surface area contributed by atoms with Gasteiger partial charge < -0.3 is 19.5 Å². The van der Waals surface area contributed by atoms with Gasteiger partial charge in [-0.1, -0.05) is 18.2 Å². The molecular formula is C25H30N4O4S. The maximum atomic E-state index is 13.2. The summed E-state index contributed by atoms with van der Waals surface area (Å²) < 4.78 is 35.3. The molecule has 0 bridgehead atoms. The molecule has 2 aromatic carbocycles. The number of amides is 1. The first-order chi connectivity index (χ1) is 16.4. The molecule has 0 radical (unpaired) electrons. The Labute approximate surface area is 200 Å². The van der Waals surface area contributed by atoms with Gasteiger partial charge in [-0.25, -0.2) is 8.42 Å². The Morgan fingerprint density at radius 1 is 1.03 bits per heavy atom. The van der Waals surface area contributed by atoms with Crippen molar-refractivity contribution in [1.82, 2.24) is 8.87 Å². The standard InChI is InChI=1S/C25H30N4O4S/c1-27-18-19(21-6-2-3-7-23(21)27)16-25(30)26-22-17-20(8-9-24(22)28-10-4-5-11-28)34(31,32)29-12-14-33-15-13-29/h2-3,6-9,17-18H,4-5,10-16H2,1H3,(H,26,30). The van der Waals surface area contributed by atoms with E-state index in [1.165, 1.54) is 4.31 Å². The van der Waals surface area contributed by atoms with E-state index in [2.05, 4.69) is 10.2 Å². The van der Waals surface area contributed by atoms with Crippen LogP contribution in [-0.4, -0.2) is 62.6 Å². The van der Waals surface area contributed by atoms with Gasteiger partial charge in [0.1, 0.15) is 0 Å². The van der Waals surface area contributed by atoms with Gasteiger partial charge in [-0.05, 0) is 42.7 Å². The molecule has 1 aromatic heterocycles. The summed E-state index contributed by atoms with van der Waals surface area (Å²) in [5, 5.41) is 4.07. The van der Waals surface area contributed by atoms with Crippen LogP contribution in [0.5, 0.6) is 0 Å². The molecule has 2 fully saturated rings. The Hall–Kier alpha value is -2.88.